The van der Waals surface area contributed by atoms with E-state index in [2.05, 4.69) is 14.9 Å². The summed E-state index contributed by atoms with van der Waals surface area (Å²) >= 11 is 0. The molecule has 1 N–H and O–H groups in total. The maximum atomic E-state index is 12.8. The molecule has 4 aromatic rings. The summed E-state index contributed by atoms with van der Waals surface area (Å²) in [5.41, 5.74) is 3.49. The van der Waals surface area contributed by atoms with Crippen LogP contribution in [0.5, 0.6) is 0 Å². The number of fused-ring (bicyclic) bond motifs is 3. The third-order valence-electron chi connectivity index (χ3n) is 5.04. The number of rotatable bonds is 7. The quantitative estimate of drug-likeness (QED) is 0.503. The molecule has 0 amide bonds. The molecule has 0 radical (unpaired) electrons. The molecule has 0 bridgehead atoms. The third kappa shape index (κ3) is 3.83. The van der Waals surface area contributed by atoms with Gasteiger partial charge in [-0.05, 0) is 35.9 Å². The number of anilines is 1. The number of H-pyrrole nitrogens is 1. The van der Waals surface area contributed by atoms with Crippen LogP contribution < -0.4 is 4.90 Å². The van der Waals surface area contributed by atoms with E-state index in [0.717, 1.165) is 39.7 Å². The zero-order chi connectivity index (χ0) is 20.4. The van der Waals surface area contributed by atoms with E-state index >= 15 is 0 Å². The summed E-state index contributed by atoms with van der Waals surface area (Å²) in [4.78, 5) is 10.2. The molecule has 0 aliphatic carbocycles. The van der Waals surface area contributed by atoms with Gasteiger partial charge in [0.25, 0.3) is 0 Å². The van der Waals surface area contributed by atoms with Crippen LogP contribution in [0, 0.1) is 0 Å². The fraction of sp³-hybridized carbons (Fsp3) is 0.227. The number of nitrogens with zero attached hydrogens (tertiary/aromatic N) is 2. The molecule has 0 atom stereocenters. The van der Waals surface area contributed by atoms with Crippen molar-refractivity contribution in [2.45, 2.75) is 10.6 Å². The molecule has 2 aromatic carbocycles. The molecule has 4 rings (SSSR count). The van der Waals surface area contributed by atoms with Crippen LogP contribution >= 0.6 is 0 Å². The van der Waals surface area contributed by atoms with Crippen molar-refractivity contribution in [1.29, 1.82) is 0 Å². The van der Waals surface area contributed by atoms with Gasteiger partial charge in [0.15, 0.2) is 9.84 Å². The van der Waals surface area contributed by atoms with E-state index in [0.29, 0.717) is 11.5 Å². The highest BCUT2D eigenvalue weighted by Crippen LogP contribution is 2.33. The molecule has 150 valence electrons. The number of aromatic nitrogens is 2. The summed E-state index contributed by atoms with van der Waals surface area (Å²) in [7, 11) is 0.282. The number of ether oxygens (including phenoxy) is 1. The SMILES string of the molecule is COCCN(C)c1ccnc2[nH]c3ccc(CS(=O)(=O)c4ccccc4)cc3c12. The van der Waals surface area contributed by atoms with E-state index in [9.17, 15) is 8.42 Å². The Morgan fingerprint density at radius 2 is 1.90 bits per heavy atom. The second-order valence-corrected chi connectivity index (χ2v) is 9.03. The van der Waals surface area contributed by atoms with Crippen LogP contribution in [-0.4, -0.2) is 45.7 Å². The number of methoxy groups -OCH3 is 1. The normalized spacial score (nSPS) is 11.9. The first-order valence-corrected chi connectivity index (χ1v) is 11.0. The summed E-state index contributed by atoms with van der Waals surface area (Å²) in [5, 5.41) is 1.95. The van der Waals surface area contributed by atoms with Crippen LogP contribution in [0.4, 0.5) is 5.69 Å². The van der Waals surface area contributed by atoms with Crippen molar-refractivity contribution in [2.24, 2.45) is 0 Å². The van der Waals surface area contributed by atoms with Gasteiger partial charge in [0.1, 0.15) is 5.65 Å². The fourth-order valence-corrected chi connectivity index (χ4v) is 4.89. The first-order chi connectivity index (χ1) is 14.0. The minimum Gasteiger partial charge on any atom is -0.383 e. The summed E-state index contributed by atoms with van der Waals surface area (Å²) in [6.07, 6.45) is 1.77. The minimum atomic E-state index is -3.41. The van der Waals surface area contributed by atoms with E-state index in [4.69, 9.17) is 4.74 Å². The van der Waals surface area contributed by atoms with E-state index in [1.165, 1.54) is 0 Å². The zero-order valence-corrected chi connectivity index (χ0v) is 17.2. The molecule has 29 heavy (non-hydrogen) atoms. The van der Waals surface area contributed by atoms with Gasteiger partial charge in [-0.3, -0.25) is 0 Å². The Labute approximate surface area is 170 Å². The van der Waals surface area contributed by atoms with Crippen LogP contribution in [0.25, 0.3) is 21.9 Å². The molecule has 0 spiro atoms. The molecule has 0 aliphatic rings. The molecule has 7 heteroatoms. The lowest BCUT2D eigenvalue weighted by atomic mass is 10.1. The van der Waals surface area contributed by atoms with Crippen molar-refractivity contribution in [2.75, 3.05) is 32.2 Å². The van der Waals surface area contributed by atoms with Crippen molar-refractivity contribution in [1.82, 2.24) is 9.97 Å². The van der Waals surface area contributed by atoms with Gasteiger partial charge in [-0.2, -0.15) is 0 Å². The Balaban J connectivity index is 1.78. The molecule has 0 fully saturated rings. The van der Waals surface area contributed by atoms with Crippen LogP contribution in [0.2, 0.25) is 0 Å². The molecule has 2 aromatic heterocycles. The van der Waals surface area contributed by atoms with Gasteiger partial charge in [-0.25, -0.2) is 13.4 Å². The average Bonchev–Trinajstić information content (AvgIpc) is 3.10. The van der Waals surface area contributed by atoms with Crippen molar-refractivity contribution >= 4 is 37.5 Å². The Morgan fingerprint density at radius 1 is 1.10 bits per heavy atom. The predicted molar refractivity (Wildman–Crippen MR) is 116 cm³/mol. The summed E-state index contributed by atoms with van der Waals surface area (Å²) < 4.78 is 30.8. The van der Waals surface area contributed by atoms with Gasteiger partial charge in [-0.15, -0.1) is 0 Å². The fourth-order valence-electron chi connectivity index (χ4n) is 3.53. The first kappa shape index (κ1) is 19.4. The lowest BCUT2D eigenvalue weighted by Crippen LogP contribution is -2.22. The lowest BCUT2D eigenvalue weighted by molar-refractivity contribution is 0.206. The van der Waals surface area contributed by atoms with E-state index < -0.39 is 9.84 Å². The van der Waals surface area contributed by atoms with Crippen molar-refractivity contribution in [3.63, 3.8) is 0 Å². The Kier molecular flexibility index (Phi) is 5.25. The number of likely N-dealkylation sites (N-methyl/N-ethyl adjacent to an activating group) is 1. The second kappa shape index (κ2) is 7.85. The standard InChI is InChI=1S/C22H23N3O3S/c1-25(12-13-28-2)20-10-11-23-22-21(20)18-14-16(8-9-19(18)24-22)15-29(26,27)17-6-4-3-5-7-17/h3-11,14H,12-13,15H2,1-2H3,(H,23,24). The zero-order valence-electron chi connectivity index (χ0n) is 16.4. The highest BCUT2D eigenvalue weighted by atomic mass is 32.2. The van der Waals surface area contributed by atoms with Crippen molar-refractivity contribution in [3.05, 3.63) is 66.4 Å². The second-order valence-electron chi connectivity index (χ2n) is 7.05. The van der Waals surface area contributed by atoms with Gasteiger partial charge < -0.3 is 14.6 Å². The first-order valence-electron chi connectivity index (χ1n) is 9.37. The highest BCUT2D eigenvalue weighted by molar-refractivity contribution is 7.90. The van der Waals surface area contributed by atoms with Crippen LogP contribution in [0.15, 0.2) is 65.7 Å². The average molecular weight is 410 g/mol. The maximum Gasteiger partial charge on any atom is 0.182 e. The van der Waals surface area contributed by atoms with Gasteiger partial charge in [0.2, 0.25) is 0 Å². The van der Waals surface area contributed by atoms with Crippen LogP contribution in [0.1, 0.15) is 5.56 Å². The topological polar surface area (TPSA) is 75.3 Å². The van der Waals surface area contributed by atoms with Crippen LogP contribution in [-0.2, 0) is 20.3 Å². The highest BCUT2D eigenvalue weighted by Gasteiger charge is 2.17. The molecular weight excluding hydrogens is 386 g/mol. The number of benzene rings is 2. The number of hydrogen-bond acceptors (Lipinski definition) is 5. The summed E-state index contributed by atoms with van der Waals surface area (Å²) in [6, 6.07) is 16.2. The molecule has 0 unspecified atom stereocenters. The van der Waals surface area contributed by atoms with Gasteiger partial charge >= 0.3 is 0 Å². The molecular formula is C22H23N3O3S. The molecule has 0 aliphatic heterocycles. The predicted octanol–water partition coefficient (Wildman–Crippen LogP) is 3.77. The van der Waals surface area contributed by atoms with E-state index in [1.807, 2.05) is 37.4 Å². The summed E-state index contributed by atoms with van der Waals surface area (Å²) in [6.45, 7) is 1.35. The Morgan fingerprint density at radius 3 is 2.66 bits per heavy atom. The Bertz CT molecular complexity index is 1250. The van der Waals surface area contributed by atoms with Crippen molar-refractivity contribution in [3.8, 4) is 0 Å². The Hall–Kier alpha value is -2.90. The summed E-state index contributed by atoms with van der Waals surface area (Å²) in [5.74, 6) is -0.0469. The van der Waals surface area contributed by atoms with E-state index in [1.54, 1.807) is 37.6 Å². The minimum absolute atomic E-state index is 0.0469. The number of aromatic amines is 1. The molecule has 6 nitrogen and oxygen atoms in total. The largest absolute Gasteiger partial charge is 0.383 e. The van der Waals surface area contributed by atoms with Gasteiger partial charge in [0.05, 0.1) is 17.3 Å². The molecule has 0 saturated carbocycles. The van der Waals surface area contributed by atoms with Crippen LogP contribution in [0.3, 0.4) is 0 Å². The maximum absolute atomic E-state index is 12.8. The lowest BCUT2D eigenvalue weighted by Gasteiger charge is -2.19. The number of nitrogens with one attached hydrogen (secondary N) is 1. The smallest absolute Gasteiger partial charge is 0.182 e. The van der Waals surface area contributed by atoms with E-state index in [-0.39, 0.29) is 5.75 Å². The third-order valence-corrected chi connectivity index (χ3v) is 6.74. The molecule has 2 heterocycles. The monoisotopic (exact) mass is 409 g/mol. The van der Waals surface area contributed by atoms with Crippen molar-refractivity contribution < 1.29 is 13.2 Å². The number of pyridine rings is 1. The number of hydrogen-bond donors (Lipinski definition) is 1. The van der Waals surface area contributed by atoms with Gasteiger partial charge in [-0.1, -0.05) is 24.3 Å². The van der Waals surface area contributed by atoms with Gasteiger partial charge in [0, 0.05) is 48.9 Å². The number of sulfone groups is 1. The molecule has 0 saturated heterocycles.